The van der Waals surface area contributed by atoms with E-state index in [1.54, 1.807) is 17.0 Å². The Morgan fingerprint density at radius 2 is 1.86 bits per heavy atom. The second kappa shape index (κ2) is 7.08. The molecule has 2 heterocycles. The van der Waals surface area contributed by atoms with Gasteiger partial charge in [-0.3, -0.25) is 9.59 Å². The van der Waals surface area contributed by atoms with Gasteiger partial charge in [0, 0.05) is 18.2 Å². The average Bonchev–Trinajstić information content (AvgIpc) is 2.95. The normalized spacial score (nSPS) is 16.1. The van der Waals surface area contributed by atoms with Gasteiger partial charge in [-0.1, -0.05) is 41.4 Å². The molecule has 0 bridgehead atoms. The van der Waals surface area contributed by atoms with E-state index in [0.29, 0.717) is 34.5 Å². The van der Waals surface area contributed by atoms with Crippen LogP contribution in [0.5, 0.6) is 0 Å². The first kappa shape index (κ1) is 18.7. The number of benzene rings is 2. The highest BCUT2D eigenvalue weighted by atomic mass is 35.5. The van der Waals surface area contributed by atoms with Crippen LogP contribution in [0, 0.1) is 13.8 Å². The van der Waals surface area contributed by atoms with Crippen molar-refractivity contribution in [1.82, 2.24) is 4.90 Å². The molecule has 0 radical (unpaired) electrons. The van der Waals surface area contributed by atoms with Crippen molar-refractivity contribution < 1.29 is 14.3 Å². The molecule has 1 N–H and O–H groups in total. The van der Waals surface area contributed by atoms with Gasteiger partial charge in [0.15, 0.2) is 5.43 Å². The third kappa shape index (κ3) is 2.91. The molecule has 0 aliphatic carbocycles. The molecule has 1 atom stereocenters. The minimum Gasteiger partial charge on any atom is -0.450 e. The lowest BCUT2D eigenvalue weighted by Crippen LogP contribution is -2.31. The van der Waals surface area contributed by atoms with Gasteiger partial charge < -0.3 is 14.4 Å². The number of fused-ring (bicyclic) bond motifs is 2. The Kier molecular flexibility index (Phi) is 4.73. The maximum atomic E-state index is 13.4. The van der Waals surface area contributed by atoms with E-state index in [1.807, 2.05) is 38.1 Å². The van der Waals surface area contributed by atoms with Crippen LogP contribution in [0.2, 0.25) is 5.02 Å². The Labute approximate surface area is 167 Å². The summed E-state index contributed by atoms with van der Waals surface area (Å²) in [6, 6.07) is 10.5. The number of carbonyl (C=O) groups is 1. The summed E-state index contributed by atoms with van der Waals surface area (Å²) in [5.41, 5.74) is 3.13. The first-order valence-electron chi connectivity index (χ1n) is 9.17. The van der Waals surface area contributed by atoms with Crippen molar-refractivity contribution in [2.75, 3.05) is 13.2 Å². The van der Waals surface area contributed by atoms with Crippen LogP contribution in [0.1, 0.15) is 45.3 Å². The number of aliphatic hydroxyl groups excluding tert-OH is 1. The van der Waals surface area contributed by atoms with Gasteiger partial charge >= 0.3 is 0 Å². The summed E-state index contributed by atoms with van der Waals surface area (Å²) in [6.45, 7) is 4.08. The maximum absolute atomic E-state index is 13.4. The van der Waals surface area contributed by atoms with E-state index in [9.17, 15) is 14.7 Å². The second-order valence-corrected chi connectivity index (χ2v) is 7.57. The summed E-state index contributed by atoms with van der Waals surface area (Å²) in [5, 5.41) is 10.1. The van der Waals surface area contributed by atoms with Crippen molar-refractivity contribution in [3.63, 3.8) is 0 Å². The zero-order valence-corrected chi connectivity index (χ0v) is 16.4. The number of rotatable bonds is 4. The largest absolute Gasteiger partial charge is 0.450 e. The van der Waals surface area contributed by atoms with E-state index in [1.165, 1.54) is 0 Å². The predicted molar refractivity (Wildman–Crippen MR) is 108 cm³/mol. The number of aliphatic hydroxyl groups is 1. The van der Waals surface area contributed by atoms with Crippen LogP contribution >= 0.6 is 11.6 Å². The SMILES string of the molecule is Cc1ccc(C2c3c(oc4cc(C)c(Cl)cc4c3=O)C(=O)N2CCCO)cc1. The minimum atomic E-state index is -0.546. The number of hydrogen-bond donors (Lipinski definition) is 1. The predicted octanol–water partition coefficient (Wildman–Crippen LogP) is 3.99. The third-order valence-electron chi connectivity index (χ3n) is 5.20. The molecule has 1 aliphatic rings. The van der Waals surface area contributed by atoms with Gasteiger partial charge in [-0.15, -0.1) is 0 Å². The molecule has 5 nitrogen and oxygen atoms in total. The van der Waals surface area contributed by atoms with Crippen LogP contribution < -0.4 is 5.43 Å². The molecule has 0 saturated heterocycles. The van der Waals surface area contributed by atoms with E-state index < -0.39 is 6.04 Å². The van der Waals surface area contributed by atoms with Crippen molar-refractivity contribution >= 4 is 28.5 Å². The molecule has 0 saturated carbocycles. The lowest BCUT2D eigenvalue weighted by Gasteiger charge is -2.25. The van der Waals surface area contributed by atoms with Crippen LogP contribution in [0.4, 0.5) is 0 Å². The van der Waals surface area contributed by atoms with Gasteiger partial charge in [-0.05, 0) is 43.5 Å². The number of halogens is 1. The van der Waals surface area contributed by atoms with Crippen molar-refractivity contribution in [1.29, 1.82) is 0 Å². The van der Waals surface area contributed by atoms with Gasteiger partial charge in [0.05, 0.1) is 17.0 Å². The molecule has 0 spiro atoms. The highest BCUT2D eigenvalue weighted by Gasteiger charge is 2.42. The number of hydrogen-bond acceptors (Lipinski definition) is 4. The molecular weight excluding hydrogens is 378 g/mol. The standard InChI is InChI=1S/C22H20ClNO4/c1-12-4-6-14(7-5-12)19-18-20(26)15-11-16(23)13(2)10-17(15)28-21(18)22(27)24(19)8-3-9-25/h4-7,10-11,19,25H,3,8-9H2,1-2H3. The fourth-order valence-corrected chi connectivity index (χ4v) is 3.87. The molecule has 1 aliphatic heterocycles. The van der Waals surface area contributed by atoms with Crippen molar-refractivity contribution in [2.45, 2.75) is 26.3 Å². The molecule has 6 heteroatoms. The van der Waals surface area contributed by atoms with Crippen LogP contribution in [0.25, 0.3) is 11.0 Å². The molecule has 2 aromatic carbocycles. The zero-order chi connectivity index (χ0) is 20.0. The van der Waals surface area contributed by atoms with Crippen LogP contribution in [-0.4, -0.2) is 29.1 Å². The molecule has 1 amide bonds. The maximum Gasteiger partial charge on any atom is 0.290 e. The van der Waals surface area contributed by atoms with Crippen LogP contribution in [-0.2, 0) is 0 Å². The molecule has 28 heavy (non-hydrogen) atoms. The summed E-state index contributed by atoms with van der Waals surface area (Å²) < 4.78 is 5.91. The Morgan fingerprint density at radius 1 is 1.14 bits per heavy atom. The number of amides is 1. The first-order valence-corrected chi connectivity index (χ1v) is 9.55. The van der Waals surface area contributed by atoms with Gasteiger partial charge in [-0.2, -0.15) is 0 Å². The second-order valence-electron chi connectivity index (χ2n) is 7.16. The number of carbonyl (C=O) groups excluding carboxylic acids is 1. The molecule has 1 aromatic heterocycles. The van der Waals surface area contributed by atoms with Gasteiger partial charge in [0.1, 0.15) is 5.58 Å². The molecule has 144 valence electrons. The van der Waals surface area contributed by atoms with E-state index in [0.717, 1.165) is 16.7 Å². The Balaban J connectivity index is 1.98. The number of aryl methyl sites for hydroxylation is 2. The van der Waals surface area contributed by atoms with E-state index >= 15 is 0 Å². The summed E-state index contributed by atoms with van der Waals surface area (Å²) in [6.07, 6.45) is 0.417. The Morgan fingerprint density at radius 3 is 2.54 bits per heavy atom. The highest BCUT2D eigenvalue weighted by molar-refractivity contribution is 6.32. The quantitative estimate of drug-likeness (QED) is 0.722. The van der Waals surface area contributed by atoms with Gasteiger partial charge in [0.25, 0.3) is 5.91 Å². The lowest BCUT2D eigenvalue weighted by molar-refractivity contribution is 0.0716. The molecular formula is C22H20ClNO4. The fraction of sp³-hybridized carbons (Fsp3) is 0.273. The fourth-order valence-electron chi connectivity index (χ4n) is 3.71. The van der Waals surface area contributed by atoms with Crippen LogP contribution in [0.3, 0.4) is 0 Å². The van der Waals surface area contributed by atoms with Gasteiger partial charge in [-0.25, -0.2) is 0 Å². The van der Waals surface area contributed by atoms with E-state index in [4.69, 9.17) is 16.0 Å². The minimum absolute atomic E-state index is 0.0428. The molecule has 3 aromatic rings. The first-order chi connectivity index (χ1) is 13.4. The Bertz CT molecular complexity index is 1130. The average molecular weight is 398 g/mol. The highest BCUT2D eigenvalue weighted by Crippen LogP contribution is 2.38. The van der Waals surface area contributed by atoms with Crippen molar-refractivity contribution in [2.24, 2.45) is 0 Å². The third-order valence-corrected chi connectivity index (χ3v) is 5.60. The van der Waals surface area contributed by atoms with Crippen molar-refractivity contribution in [3.05, 3.63) is 79.7 Å². The molecule has 4 rings (SSSR count). The van der Waals surface area contributed by atoms with E-state index in [-0.39, 0.29) is 23.7 Å². The lowest BCUT2D eigenvalue weighted by atomic mass is 9.97. The topological polar surface area (TPSA) is 70.8 Å². The summed E-state index contributed by atoms with van der Waals surface area (Å²) in [5.74, 6) is -0.261. The summed E-state index contributed by atoms with van der Waals surface area (Å²) in [4.78, 5) is 28.0. The van der Waals surface area contributed by atoms with Crippen LogP contribution in [0.15, 0.2) is 45.6 Å². The smallest absolute Gasteiger partial charge is 0.290 e. The molecule has 1 unspecified atom stereocenters. The molecule has 0 fully saturated rings. The van der Waals surface area contributed by atoms with Gasteiger partial charge in [0.2, 0.25) is 5.76 Å². The van der Waals surface area contributed by atoms with E-state index in [2.05, 4.69) is 0 Å². The summed E-state index contributed by atoms with van der Waals surface area (Å²) >= 11 is 6.22. The van der Waals surface area contributed by atoms with Crippen molar-refractivity contribution in [3.8, 4) is 0 Å². The number of nitrogens with zero attached hydrogens (tertiary/aromatic N) is 1. The zero-order valence-electron chi connectivity index (χ0n) is 15.7. The monoisotopic (exact) mass is 397 g/mol. The Hall–Kier alpha value is -2.63. The summed E-state index contributed by atoms with van der Waals surface area (Å²) in [7, 11) is 0.